The van der Waals surface area contributed by atoms with Gasteiger partial charge < -0.3 is 0 Å². The fourth-order valence-corrected chi connectivity index (χ4v) is 2.59. The topological polar surface area (TPSA) is 263 Å². The van der Waals surface area contributed by atoms with Crippen LogP contribution in [0, 0.1) is 0 Å². The van der Waals surface area contributed by atoms with Gasteiger partial charge >= 0.3 is 23.9 Å². The lowest BCUT2D eigenvalue weighted by Gasteiger charge is -2.10. The number of carbonyl (C=O) groups excluding carboxylic acids is 5. The van der Waals surface area contributed by atoms with Crippen LogP contribution in [0.15, 0.2) is 36.4 Å². The molecule has 0 aliphatic heterocycles. The SMILES string of the molecule is NOOC(=O)c1ccc(C(=O)c2ccc(C(=O)OON)c(C(=O)OON)c2)cc1C(=O)OON. The number of rotatable bonds is 10. The smallest absolute Gasteiger partial charge is 0.289 e. The molecule has 180 valence electrons. The van der Waals surface area contributed by atoms with Gasteiger partial charge in [-0.3, -0.25) is 24.3 Å². The van der Waals surface area contributed by atoms with E-state index < -0.39 is 51.9 Å². The molecule has 0 atom stereocenters. The summed E-state index contributed by atoms with van der Waals surface area (Å²) in [6, 6.07) is 6.07. The minimum Gasteiger partial charge on any atom is -0.289 e. The lowest BCUT2D eigenvalue weighted by atomic mass is 9.95. The van der Waals surface area contributed by atoms with Gasteiger partial charge in [-0.2, -0.15) is 23.6 Å². The minimum absolute atomic E-state index is 0.204. The molecule has 0 aromatic heterocycles. The monoisotopic (exact) mass is 482 g/mol. The van der Waals surface area contributed by atoms with Crippen LogP contribution in [0.4, 0.5) is 0 Å². The van der Waals surface area contributed by atoms with E-state index in [0.717, 1.165) is 36.4 Å². The third kappa shape index (κ3) is 5.92. The van der Waals surface area contributed by atoms with Crippen LogP contribution >= 0.6 is 0 Å². The highest BCUT2D eigenvalue weighted by Gasteiger charge is 2.26. The second-order valence-electron chi connectivity index (χ2n) is 5.72. The maximum absolute atomic E-state index is 13.0. The average Bonchev–Trinajstić information content (AvgIpc) is 2.83. The average molecular weight is 482 g/mol. The molecule has 17 nitrogen and oxygen atoms in total. The van der Waals surface area contributed by atoms with Crippen LogP contribution in [0.5, 0.6) is 0 Å². The van der Waals surface area contributed by atoms with Gasteiger partial charge in [0.25, 0.3) is 0 Å². The Morgan fingerprint density at radius 1 is 0.471 bits per heavy atom. The van der Waals surface area contributed by atoms with Crippen molar-refractivity contribution in [2.24, 2.45) is 23.6 Å². The van der Waals surface area contributed by atoms with Crippen molar-refractivity contribution in [1.82, 2.24) is 0 Å². The van der Waals surface area contributed by atoms with Crippen LogP contribution in [0.25, 0.3) is 0 Å². The summed E-state index contributed by atoms with van der Waals surface area (Å²) < 4.78 is 0. The molecule has 0 amide bonds. The van der Waals surface area contributed by atoms with E-state index in [1.807, 2.05) is 0 Å². The first-order valence-electron chi connectivity index (χ1n) is 8.42. The molecule has 8 N–H and O–H groups in total. The van der Waals surface area contributed by atoms with Gasteiger partial charge in [-0.25, -0.2) is 19.2 Å². The van der Waals surface area contributed by atoms with E-state index in [2.05, 4.69) is 63.1 Å². The van der Waals surface area contributed by atoms with E-state index in [1.54, 1.807) is 0 Å². The largest absolute Gasteiger partial charge is 0.376 e. The summed E-state index contributed by atoms with van der Waals surface area (Å²) in [5.74, 6) is 12.9. The molecule has 0 heterocycles. The van der Waals surface area contributed by atoms with Crippen molar-refractivity contribution in [3.8, 4) is 0 Å². The van der Waals surface area contributed by atoms with Crippen molar-refractivity contribution in [3.05, 3.63) is 69.8 Å². The molecular weight excluding hydrogens is 468 g/mol. The molecule has 0 saturated carbocycles. The highest BCUT2D eigenvalue weighted by atomic mass is 17.3. The summed E-state index contributed by atoms with van der Waals surface area (Å²) in [4.78, 5) is 92.8. The van der Waals surface area contributed by atoms with Crippen molar-refractivity contribution >= 4 is 29.7 Å². The summed E-state index contributed by atoms with van der Waals surface area (Å²) in [5.41, 5.74) is -2.35. The zero-order chi connectivity index (χ0) is 25.3. The number of hydrogen-bond donors (Lipinski definition) is 4. The Labute approximate surface area is 187 Å². The van der Waals surface area contributed by atoms with Crippen molar-refractivity contribution in [2.75, 3.05) is 0 Å². The molecule has 0 fully saturated rings. The first-order valence-corrected chi connectivity index (χ1v) is 8.42. The van der Waals surface area contributed by atoms with Gasteiger partial charge in [0.15, 0.2) is 5.78 Å². The summed E-state index contributed by atoms with van der Waals surface area (Å²) in [7, 11) is 0. The van der Waals surface area contributed by atoms with Crippen molar-refractivity contribution < 1.29 is 63.5 Å². The van der Waals surface area contributed by atoms with E-state index in [1.165, 1.54) is 0 Å². The van der Waals surface area contributed by atoms with Gasteiger partial charge in [0.05, 0.1) is 22.3 Å². The highest BCUT2D eigenvalue weighted by molar-refractivity contribution is 6.13. The van der Waals surface area contributed by atoms with Gasteiger partial charge in [-0.15, -0.1) is 0 Å². The van der Waals surface area contributed by atoms with E-state index >= 15 is 0 Å². The first-order chi connectivity index (χ1) is 16.3. The van der Waals surface area contributed by atoms with Crippen molar-refractivity contribution in [1.29, 1.82) is 0 Å². The molecule has 0 aliphatic carbocycles. The number of ketones is 1. The fourth-order valence-electron chi connectivity index (χ4n) is 2.59. The van der Waals surface area contributed by atoms with E-state index in [4.69, 9.17) is 0 Å². The standard InChI is InChI=1S/C17H14N4O13/c18-31-27-14(23)9-3-1-7(5-11(9)16(25)29-33-20)13(22)8-2-4-10(15(24)28-32-19)12(6-8)17(26)30-34-21/h1-6H,18-21H2. The minimum atomic E-state index is -1.29. The summed E-state index contributed by atoms with van der Waals surface area (Å²) in [6.45, 7) is 0. The third-order valence-corrected chi connectivity index (χ3v) is 3.94. The second-order valence-corrected chi connectivity index (χ2v) is 5.72. The van der Waals surface area contributed by atoms with E-state index in [-0.39, 0.29) is 11.1 Å². The maximum atomic E-state index is 13.0. The number of benzene rings is 2. The zero-order valence-corrected chi connectivity index (χ0v) is 16.6. The third-order valence-electron chi connectivity index (χ3n) is 3.94. The van der Waals surface area contributed by atoms with Crippen LogP contribution < -0.4 is 23.6 Å². The van der Waals surface area contributed by atoms with Crippen LogP contribution in [0.1, 0.15) is 57.4 Å². The molecule has 0 bridgehead atoms. The zero-order valence-electron chi connectivity index (χ0n) is 16.6. The molecule has 2 aromatic carbocycles. The summed E-state index contributed by atoms with van der Waals surface area (Å²) in [6.07, 6.45) is 0. The number of carbonyl (C=O) groups is 5. The molecule has 2 rings (SSSR count). The predicted molar refractivity (Wildman–Crippen MR) is 99.1 cm³/mol. The highest BCUT2D eigenvalue weighted by Crippen LogP contribution is 2.21. The van der Waals surface area contributed by atoms with Crippen molar-refractivity contribution in [2.45, 2.75) is 0 Å². The molecule has 0 unspecified atom stereocenters. The molecular formula is C17H14N4O13. The summed E-state index contributed by atoms with van der Waals surface area (Å²) >= 11 is 0. The van der Waals surface area contributed by atoms with Crippen LogP contribution in [-0.2, 0) is 39.5 Å². The lowest BCUT2D eigenvalue weighted by molar-refractivity contribution is -0.247. The Morgan fingerprint density at radius 2 is 0.765 bits per heavy atom. The Hall–Kier alpha value is -4.33. The maximum Gasteiger partial charge on any atom is 0.376 e. The first kappa shape index (κ1) is 25.9. The predicted octanol–water partition coefficient (Wildman–Crippen LogP) is -1.23. The van der Waals surface area contributed by atoms with Gasteiger partial charge in [0.2, 0.25) is 0 Å². The van der Waals surface area contributed by atoms with Crippen LogP contribution in [0.3, 0.4) is 0 Å². The van der Waals surface area contributed by atoms with Gasteiger partial charge in [0, 0.05) is 11.1 Å². The van der Waals surface area contributed by atoms with Gasteiger partial charge in [-0.05, 0) is 24.3 Å². The Morgan fingerprint density at radius 3 is 1.06 bits per heavy atom. The van der Waals surface area contributed by atoms with E-state index in [0.29, 0.717) is 0 Å². The van der Waals surface area contributed by atoms with E-state index in [9.17, 15) is 24.0 Å². The normalized spacial score (nSPS) is 10.2. The molecule has 0 radical (unpaired) electrons. The Bertz CT molecular complexity index is 1040. The molecule has 34 heavy (non-hydrogen) atoms. The molecule has 0 saturated heterocycles. The van der Waals surface area contributed by atoms with Crippen molar-refractivity contribution in [3.63, 3.8) is 0 Å². The fraction of sp³-hybridized carbons (Fsp3) is 0. The van der Waals surface area contributed by atoms with Gasteiger partial charge in [-0.1, -0.05) is 32.1 Å². The van der Waals surface area contributed by atoms with Crippen LogP contribution in [-0.4, -0.2) is 29.7 Å². The van der Waals surface area contributed by atoms with Gasteiger partial charge in [0.1, 0.15) is 0 Å². The lowest BCUT2D eigenvalue weighted by Crippen LogP contribution is -2.19. The molecule has 0 spiro atoms. The number of hydrogen-bond acceptors (Lipinski definition) is 17. The molecule has 2 aromatic rings. The number of nitrogens with two attached hydrogens (primary N) is 4. The van der Waals surface area contributed by atoms with Crippen LogP contribution in [0.2, 0.25) is 0 Å². The quantitative estimate of drug-likeness (QED) is 0.175. The molecule has 17 heteroatoms. The Kier molecular flexibility index (Phi) is 9.19. The summed E-state index contributed by atoms with van der Waals surface area (Å²) in [5, 5.41) is 0. The second kappa shape index (κ2) is 12.1. The Balaban J connectivity index is 2.55. The molecule has 0 aliphatic rings.